The molecule has 0 radical (unpaired) electrons. The fourth-order valence-electron chi connectivity index (χ4n) is 1.33. The summed E-state index contributed by atoms with van der Waals surface area (Å²) < 4.78 is 7.43. The van der Waals surface area contributed by atoms with Crippen molar-refractivity contribution in [3.63, 3.8) is 0 Å². The third-order valence-corrected chi connectivity index (χ3v) is 2.12. The van der Waals surface area contributed by atoms with E-state index in [1.54, 1.807) is 0 Å². The maximum atomic E-state index is 5.50. The topological polar surface area (TPSA) is 27.1 Å². The summed E-state index contributed by atoms with van der Waals surface area (Å²) in [5, 5.41) is 0. The van der Waals surface area contributed by atoms with Crippen LogP contribution in [0.1, 0.15) is 25.6 Å². The van der Waals surface area contributed by atoms with Crippen molar-refractivity contribution in [3.8, 4) is 0 Å². The van der Waals surface area contributed by atoms with Crippen molar-refractivity contribution >= 4 is 11.6 Å². The molecule has 1 heterocycles. The second-order valence-electron chi connectivity index (χ2n) is 3.43. The first-order valence-corrected chi connectivity index (χ1v) is 5.44. The van der Waals surface area contributed by atoms with Gasteiger partial charge in [-0.05, 0) is 0 Å². The van der Waals surface area contributed by atoms with Gasteiger partial charge >= 0.3 is 0 Å². The minimum absolute atomic E-state index is 0.457. The number of imidazole rings is 1. The first-order valence-electron chi connectivity index (χ1n) is 4.90. The smallest absolute Gasteiger partial charge is 0.111 e. The van der Waals surface area contributed by atoms with E-state index in [4.69, 9.17) is 16.3 Å². The molecule has 0 atom stereocenters. The quantitative estimate of drug-likeness (QED) is 0.539. The van der Waals surface area contributed by atoms with Crippen LogP contribution in [0.5, 0.6) is 0 Å². The van der Waals surface area contributed by atoms with E-state index < -0.39 is 0 Å². The van der Waals surface area contributed by atoms with Crippen LogP contribution in [0, 0.1) is 0 Å². The van der Waals surface area contributed by atoms with Gasteiger partial charge in [0.2, 0.25) is 0 Å². The predicted octanol–water partition coefficient (Wildman–Crippen LogP) is 2.26. The monoisotopic (exact) mass is 216 g/mol. The molecule has 3 nitrogen and oxygen atoms in total. The Kier molecular flexibility index (Phi) is 4.98. The minimum Gasteiger partial charge on any atom is -0.378 e. The lowest BCUT2D eigenvalue weighted by molar-refractivity contribution is 0.140. The molecule has 0 N–H and O–H groups in total. The standard InChI is InChI=1S/C10H17ClN2O/c1-9(2)10-12-4-5-13(10)6-8-14-7-3-11/h4-5,9H,3,6-8H2,1-2H3. The number of nitrogens with zero attached hydrogens (tertiary/aromatic N) is 2. The van der Waals surface area contributed by atoms with Crippen molar-refractivity contribution in [1.82, 2.24) is 9.55 Å². The number of hydrogen-bond donors (Lipinski definition) is 0. The predicted molar refractivity (Wildman–Crippen MR) is 57.9 cm³/mol. The van der Waals surface area contributed by atoms with Gasteiger partial charge in [0.15, 0.2) is 0 Å². The van der Waals surface area contributed by atoms with Gasteiger partial charge in [-0.2, -0.15) is 0 Å². The van der Waals surface area contributed by atoms with Gasteiger partial charge in [0.05, 0.1) is 13.2 Å². The number of rotatable bonds is 6. The molecule has 0 aliphatic rings. The second kappa shape index (κ2) is 6.04. The van der Waals surface area contributed by atoms with Crippen molar-refractivity contribution in [3.05, 3.63) is 18.2 Å². The molecule has 0 bridgehead atoms. The highest BCUT2D eigenvalue weighted by Crippen LogP contribution is 2.11. The van der Waals surface area contributed by atoms with E-state index >= 15 is 0 Å². The SMILES string of the molecule is CC(C)c1nccn1CCOCCCl. The summed E-state index contributed by atoms with van der Waals surface area (Å²) in [6.45, 7) is 6.44. The molecule has 0 saturated heterocycles. The highest BCUT2D eigenvalue weighted by atomic mass is 35.5. The molecule has 0 unspecified atom stereocenters. The van der Waals surface area contributed by atoms with Gasteiger partial charge < -0.3 is 9.30 Å². The Balaban J connectivity index is 2.38. The molecule has 0 fully saturated rings. The van der Waals surface area contributed by atoms with Crippen molar-refractivity contribution < 1.29 is 4.74 Å². The summed E-state index contributed by atoms with van der Waals surface area (Å²) in [7, 11) is 0. The Hall–Kier alpha value is -0.540. The van der Waals surface area contributed by atoms with Crippen LogP contribution in [0.25, 0.3) is 0 Å². The van der Waals surface area contributed by atoms with Crippen LogP contribution in [0.4, 0.5) is 0 Å². The van der Waals surface area contributed by atoms with E-state index in [1.165, 1.54) is 0 Å². The summed E-state index contributed by atoms with van der Waals surface area (Å²) >= 11 is 5.50. The van der Waals surface area contributed by atoms with E-state index in [0.29, 0.717) is 25.0 Å². The van der Waals surface area contributed by atoms with Crippen molar-refractivity contribution in [2.45, 2.75) is 26.3 Å². The highest BCUT2D eigenvalue weighted by Gasteiger charge is 2.05. The largest absolute Gasteiger partial charge is 0.378 e. The lowest BCUT2D eigenvalue weighted by Crippen LogP contribution is -2.10. The lowest BCUT2D eigenvalue weighted by atomic mass is 10.2. The summed E-state index contributed by atoms with van der Waals surface area (Å²) in [6.07, 6.45) is 3.82. The van der Waals surface area contributed by atoms with Crippen LogP contribution >= 0.6 is 11.6 Å². The van der Waals surface area contributed by atoms with Crippen molar-refractivity contribution in [1.29, 1.82) is 0 Å². The van der Waals surface area contributed by atoms with E-state index in [-0.39, 0.29) is 0 Å². The Labute approximate surface area is 90.0 Å². The molecule has 1 aromatic rings. The highest BCUT2D eigenvalue weighted by molar-refractivity contribution is 6.17. The molecule has 0 aromatic carbocycles. The molecule has 80 valence electrons. The van der Waals surface area contributed by atoms with Crippen molar-refractivity contribution in [2.24, 2.45) is 0 Å². The molecule has 1 aromatic heterocycles. The zero-order valence-electron chi connectivity index (χ0n) is 8.74. The van der Waals surface area contributed by atoms with E-state index in [2.05, 4.69) is 23.4 Å². The molecular weight excluding hydrogens is 200 g/mol. The van der Waals surface area contributed by atoms with Crippen LogP contribution < -0.4 is 0 Å². The van der Waals surface area contributed by atoms with E-state index in [1.807, 2.05) is 12.4 Å². The fourth-order valence-corrected chi connectivity index (χ4v) is 1.44. The molecule has 14 heavy (non-hydrogen) atoms. The average molecular weight is 217 g/mol. The molecular formula is C10H17ClN2O. The Morgan fingerprint density at radius 2 is 2.29 bits per heavy atom. The summed E-state index contributed by atoms with van der Waals surface area (Å²) in [4.78, 5) is 4.30. The molecule has 1 rings (SSSR count). The van der Waals surface area contributed by atoms with Gasteiger partial charge in [-0.1, -0.05) is 13.8 Å². The zero-order chi connectivity index (χ0) is 10.4. The van der Waals surface area contributed by atoms with Gasteiger partial charge in [0.1, 0.15) is 5.82 Å². The maximum Gasteiger partial charge on any atom is 0.111 e. The normalized spacial score (nSPS) is 11.1. The van der Waals surface area contributed by atoms with Gasteiger partial charge in [-0.15, -0.1) is 11.6 Å². The van der Waals surface area contributed by atoms with Crippen molar-refractivity contribution in [2.75, 3.05) is 19.1 Å². The Morgan fingerprint density at radius 3 is 2.93 bits per heavy atom. The first kappa shape index (κ1) is 11.5. The molecule has 4 heteroatoms. The first-order chi connectivity index (χ1) is 6.75. The van der Waals surface area contributed by atoms with Crippen LogP contribution in [0.15, 0.2) is 12.4 Å². The van der Waals surface area contributed by atoms with E-state index in [9.17, 15) is 0 Å². The van der Waals surface area contributed by atoms with Crippen LogP contribution in [-0.2, 0) is 11.3 Å². The minimum atomic E-state index is 0.457. The lowest BCUT2D eigenvalue weighted by Gasteiger charge is -2.09. The summed E-state index contributed by atoms with van der Waals surface area (Å²) in [5.41, 5.74) is 0. The third-order valence-electron chi connectivity index (χ3n) is 1.96. The van der Waals surface area contributed by atoms with Gasteiger partial charge in [0, 0.05) is 30.7 Å². The zero-order valence-corrected chi connectivity index (χ0v) is 9.50. The molecule has 0 aliphatic heterocycles. The fraction of sp³-hybridized carbons (Fsp3) is 0.700. The number of halogens is 1. The molecule has 0 spiro atoms. The van der Waals surface area contributed by atoms with Gasteiger partial charge in [0.25, 0.3) is 0 Å². The Bertz CT molecular complexity index is 260. The Morgan fingerprint density at radius 1 is 1.50 bits per heavy atom. The molecule has 0 amide bonds. The summed E-state index contributed by atoms with van der Waals surface area (Å²) in [6, 6.07) is 0. The molecule has 0 saturated carbocycles. The van der Waals surface area contributed by atoms with Crippen LogP contribution in [-0.4, -0.2) is 28.6 Å². The number of ether oxygens (including phenoxy) is 1. The maximum absolute atomic E-state index is 5.50. The summed E-state index contributed by atoms with van der Waals surface area (Å²) in [5.74, 6) is 2.12. The number of hydrogen-bond acceptors (Lipinski definition) is 2. The average Bonchev–Trinajstić information content (AvgIpc) is 2.60. The van der Waals surface area contributed by atoms with Gasteiger partial charge in [-0.3, -0.25) is 0 Å². The second-order valence-corrected chi connectivity index (χ2v) is 3.81. The molecule has 0 aliphatic carbocycles. The van der Waals surface area contributed by atoms with Crippen LogP contribution in [0.3, 0.4) is 0 Å². The van der Waals surface area contributed by atoms with Crippen LogP contribution in [0.2, 0.25) is 0 Å². The number of alkyl halides is 1. The van der Waals surface area contributed by atoms with Gasteiger partial charge in [-0.25, -0.2) is 4.98 Å². The number of aromatic nitrogens is 2. The third kappa shape index (κ3) is 3.31. The van der Waals surface area contributed by atoms with E-state index in [0.717, 1.165) is 12.4 Å².